The van der Waals surface area contributed by atoms with Crippen molar-refractivity contribution in [2.24, 2.45) is 11.3 Å². The van der Waals surface area contributed by atoms with Crippen LogP contribution in [-0.4, -0.2) is 12.2 Å². The van der Waals surface area contributed by atoms with E-state index in [1.165, 1.54) is 13.2 Å². The minimum absolute atomic E-state index is 0.250. The van der Waals surface area contributed by atoms with Gasteiger partial charge in [-0.15, -0.1) is 0 Å². The van der Waals surface area contributed by atoms with E-state index in [1.807, 2.05) is 0 Å². The van der Waals surface area contributed by atoms with Crippen LogP contribution in [0.25, 0.3) is 0 Å². The van der Waals surface area contributed by atoms with Crippen LogP contribution in [0.3, 0.4) is 0 Å². The molecular weight excluding hydrogens is 255 g/mol. The molecule has 0 saturated heterocycles. The van der Waals surface area contributed by atoms with Gasteiger partial charge in [0.15, 0.2) is 0 Å². The second-order valence-corrected chi connectivity index (χ2v) is 7.02. The summed E-state index contributed by atoms with van der Waals surface area (Å²) in [6.45, 7) is 6.70. The fourth-order valence-electron chi connectivity index (χ4n) is 3.23. The lowest BCUT2D eigenvalue weighted by molar-refractivity contribution is -0.0322. The normalized spacial score (nSPS) is 27.4. The average molecular weight is 280 g/mol. The van der Waals surface area contributed by atoms with Crippen molar-refractivity contribution in [1.29, 1.82) is 0 Å². The first-order valence-electron chi connectivity index (χ1n) is 7.33. The van der Waals surface area contributed by atoms with Crippen LogP contribution >= 0.6 is 0 Å². The Morgan fingerprint density at radius 3 is 2.30 bits per heavy atom. The fourth-order valence-corrected chi connectivity index (χ4v) is 3.23. The van der Waals surface area contributed by atoms with Crippen LogP contribution in [0.4, 0.5) is 4.39 Å². The van der Waals surface area contributed by atoms with E-state index in [4.69, 9.17) is 4.74 Å². The van der Waals surface area contributed by atoms with E-state index in [0.29, 0.717) is 30.1 Å². The lowest BCUT2D eigenvalue weighted by atomic mass is 9.67. The van der Waals surface area contributed by atoms with Gasteiger partial charge in [-0.25, -0.2) is 4.39 Å². The molecule has 0 amide bonds. The molecule has 0 heterocycles. The zero-order valence-electron chi connectivity index (χ0n) is 12.9. The van der Waals surface area contributed by atoms with E-state index in [-0.39, 0.29) is 11.2 Å². The highest BCUT2D eigenvalue weighted by Gasteiger charge is 2.39. The third kappa shape index (κ3) is 2.98. The highest BCUT2D eigenvalue weighted by Crippen LogP contribution is 2.46. The SMILES string of the molecule is COc1ccc(C2(O)CCC(C(C)(C)C)CC2)c(F)c1. The molecule has 3 heteroatoms. The summed E-state index contributed by atoms with van der Waals surface area (Å²) >= 11 is 0. The Kier molecular flexibility index (Phi) is 4.10. The molecule has 1 fully saturated rings. The van der Waals surface area contributed by atoms with E-state index < -0.39 is 5.60 Å². The van der Waals surface area contributed by atoms with Crippen molar-refractivity contribution in [3.63, 3.8) is 0 Å². The van der Waals surface area contributed by atoms with Crippen LogP contribution in [0.1, 0.15) is 52.0 Å². The molecule has 0 atom stereocenters. The quantitative estimate of drug-likeness (QED) is 0.877. The molecule has 0 radical (unpaired) electrons. The first kappa shape index (κ1) is 15.3. The third-order valence-corrected chi connectivity index (χ3v) is 4.72. The first-order chi connectivity index (χ1) is 9.26. The fraction of sp³-hybridized carbons (Fsp3) is 0.647. The van der Waals surface area contributed by atoms with Crippen LogP contribution in [0.15, 0.2) is 18.2 Å². The number of halogens is 1. The molecule has 20 heavy (non-hydrogen) atoms. The number of hydrogen-bond donors (Lipinski definition) is 1. The predicted molar refractivity (Wildman–Crippen MR) is 78.3 cm³/mol. The van der Waals surface area contributed by atoms with Crippen LogP contribution in [-0.2, 0) is 5.60 Å². The molecular formula is C17H25FO2. The van der Waals surface area contributed by atoms with Crippen molar-refractivity contribution in [3.05, 3.63) is 29.6 Å². The third-order valence-electron chi connectivity index (χ3n) is 4.72. The van der Waals surface area contributed by atoms with Crippen LogP contribution < -0.4 is 4.74 Å². The molecule has 2 nitrogen and oxygen atoms in total. The summed E-state index contributed by atoms with van der Waals surface area (Å²) in [5.74, 6) is 0.698. The van der Waals surface area contributed by atoms with Gasteiger partial charge in [0, 0.05) is 11.6 Å². The van der Waals surface area contributed by atoms with Crippen molar-refractivity contribution in [1.82, 2.24) is 0 Å². The molecule has 1 aromatic rings. The standard InChI is InChI=1S/C17H25FO2/c1-16(2,3)12-7-9-17(19,10-8-12)14-6-5-13(20-4)11-15(14)18/h5-6,11-12,19H,7-10H2,1-4H3. The van der Waals surface area contributed by atoms with Gasteiger partial charge in [-0.2, -0.15) is 0 Å². The highest BCUT2D eigenvalue weighted by molar-refractivity contribution is 5.32. The summed E-state index contributed by atoms with van der Waals surface area (Å²) in [6, 6.07) is 4.72. The van der Waals surface area contributed by atoms with Crippen molar-refractivity contribution in [2.75, 3.05) is 7.11 Å². The minimum Gasteiger partial charge on any atom is -0.497 e. The Morgan fingerprint density at radius 1 is 1.25 bits per heavy atom. The predicted octanol–water partition coefficient (Wildman–Crippen LogP) is 4.26. The number of benzene rings is 1. The molecule has 112 valence electrons. The van der Waals surface area contributed by atoms with E-state index >= 15 is 0 Å². The van der Waals surface area contributed by atoms with Crippen LogP contribution in [0.2, 0.25) is 0 Å². The molecule has 0 bridgehead atoms. The summed E-state index contributed by atoms with van der Waals surface area (Å²) in [4.78, 5) is 0. The second-order valence-electron chi connectivity index (χ2n) is 7.02. The molecule has 0 aliphatic heterocycles. The van der Waals surface area contributed by atoms with Crippen molar-refractivity contribution < 1.29 is 14.2 Å². The topological polar surface area (TPSA) is 29.5 Å². The number of ether oxygens (including phenoxy) is 1. The van der Waals surface area contributed by atoms with Crippen molar-refractivity contribution in [3.8, 4) is 5.75 Å². The molecule has 0 unspecified atom stereocenters. The van der Waals surface area contributed by atoms with Gasteiger partial charge in [0.25, 0.3) is 0 Å². The molecule has 1 N–H and O–H groups in total. The van der Waals surface area contributed by atoms with E-state index in [0.717, 1.165) is 12.8 Å². The Hall–Kier alpha value is -1.09. The van der Waals surface area contributed by atoms with E-state index in [1.54, 1.807) is 12.1 Å². The van der Waals surface area contributed by atoms with E-state index in [9.17, 15) is 9.50 Å². The van der Waals surface area contributed by atoms with Gasteiger partial charge in [-0.1, -0.05) is 20.8 Å². The zero-order chi connectivity index (χ0) is 15.0. The van der Waals surface area contributed by atoms with Crippen LogP contribution in [0.5, 0.6) is 5.75 Å². The lowest BCUT2D eigenvalue weighted by Gasteiger charge is -2.41. The number of rotatable bonds is 2. The van der Waals surface area contributed by atoms with Gasteiger partial charge in [0.2, 0.25) is 0 Å². The minimum atomic E-state index is -1.03. The Morgan fingerprint density at radius 2 is 1.85 bits per heavy atom. The largest absolute Gasteiger partial charge is 0.497 e. The number of methoxy groups -OCH3 is 1. The summed E-state index contributed by atoms with van der Waals surface area (Å²) in [5, 5.41) is 10.8. The highest BCUT2D eigenvalue weighted by atomic mass is 19.1. The molecule has 1 aliphatic carbocycles. The number of aliphatic hydroxyl groups is 1. The van der Waals surface area contributed by atoms with Gasteiger partial charge in [-0.05, 0) is 49.1 Å². The van der Waals surface area contributed by atoms with Gasteiger partial charge in [0.05, 0.1) is 12.7 Å². The van der Waals surface area contributed by atoms with Crippen LogP contribution in [0, 0.1) is 17.2 Å². The molecule has 1 aromatic carbocycles. The monoisotopic (exact) mass is 280 g/mol. The maximum Gasteiger partial charge on any atom is 0.132 e. The smallest absolute Gasteiger partial charge is 0.132 e. The molecule has 1 aliphatic rings. The second kappa shape index (κ2) is 5.36. The molecule has 0 aromatic heterocycles. The molecule has 2 rings (SSSR count). The zero-order valence-corrected chi connectivity index (χ0v) is 12.9. The summed E-state index contributed by atoms with van der Waals surface area (Å²) in [5.41, 5.74) is -0.372. The van der Waals surface area contributed by atoms with Gasteiger partial charge < -0.3 is 9.84 Å². The summed E-state index contributed by atoms with van der Waals surface area (Å²) < 4.78 is 19.2. The molecule has 1 saturated carbocycles. The van der Waals surface area contributed by atoms with Gasteiger partial charge >= 0.3 is 0 Å². The van der Waals surface area contributed by atoms with Gasteiger partial charge in [-0.3, -0.25) is 0 Å². The average Bonchev–Trinajstić information content (AvgIpc) is 2.37. The Labute approximate surface area is 121 Å². The number of hydrogen-bond acceptors (Lipinski definition) is 2. The maximum atomic E-state index is 14.2. The Balaban J connectivity index is 2.17. The van der Waals surface area contributed by atoms with Crippen molar-refractivity contribution >= 4 is 0 Å². The summed E-state index contributed by atoms with van der Waals surface area (Å²) in [6.07, 6.45) is 3.12. The maximum absolute atomic E-state index is 14.2. The summed E-state index contributed by atoms with van der Waals surface area (Å²) in [7, 11) is 1.51. The van der Waals surface area contributed by atoms with Crippen molar-refractivity contribution in [2.45, 2.75) is 52.1 Å². The molecule has 0 spiro atoms. The van der Waals surface area contributed by atoms with E-state index in [2.05, 4.69) is 20.8 Å². The lowest BCUT2D eigenvalue weighted by Crippen LogP contribution is -2.36. The van der Waals surface area contributed by atoms with Gasteiger partial charge in [0.1, 0.15) is 11.6 Å². The Bertz CT molecular complexity index is 468. The first-order valence-corrected chi connectivity index (χ1v) is 7.33.